The van der Waals surface area contributed by atoms with Crippen LogP contribution in [-0.2, 0) is 4.74 Å². The van der Waals surface area contributed by atoms with Gasteiger partial charge in [-0.05, 0) is 43.1 Å². The molecule has 1 saturated carbocycles. The molecule has 0 bridgehead atoms. The first kappa shape index (κ1) is 19.7. The minimum absolute atomic E-state index is 0. The molecule has 0 aromatic heterocycles. The van der Waals surface area contributed by atoms with Crippen molar-refractivity contribution in [3.05, 3.63) is 11.5 Å². The smallest absolute Gasteiger partial charge is 0.609 e. The fourth-order valence-electron chi connectivity index (χ4n) is 3.17. The van der Waals surface area contributed by atoms with Crippen LogP contribution in [0.3, 0.4) is 0 Å². The van der Waals surface area contributed by atoms with Crippen molar-refractivity contribution in [1.82, 2.24) is 0 Å². The molecule has 1 aliphatic heterocycles. The molecule has 0 aromatic carbocycles. The number of hydrogen-bond acceptors (Lipinski definition) is 4. The Morgan fingerprint density at radius 1 is 1.05 bits per heavy atom. The molecular weight excluding hydrogens is 295 g/mol. The van der Waals surface area contributed by atoms with Gasteiger partial charge in [-0.1, -0.05) is 27.7 Å². The second kappa shape index (κ2) is 8.48. The molecule has 0 radical (unpaired) electrons. The van der Waals surface area contributed by atoms with Gasteiger partial charge in [0.1, 0.15) is 0 Å². The summed E-state index contributed by atoms with van der Waals surface area (Å²) < 4.78 is 6.19. The Morgan fingerprint density at radius 2 is 1.52 bits per heavy atom. The number of thioether (sulfide) groups is 2. The Hall–Kier alpha value is 0.637. The maximum atomic E-state index is 12.3. The van der Waals surface area contributed by atoms with Crippen molar-refractivity contribution >= 4 is 23.5 Å². The van der Waals surface area contributed by atoms with E-state index in [-0.39, 0.29) is 30.9 Å². The van der Waals surface area contributed by atoms with Crippen LogP contribution in [0, 0.1) is 11.8 Å². The Morgan fingerprint density at radius 3 is 1.95 bits per heavy atom. The van der Waals surface area contributed by atoms with Gasteiger partial charge in [-0.2, -0.15) is 0 Å². The monoisotopic (exact) mass is 322 g/mol. The van der Waals surface area contributed by atoms with E-state index in [1.807, 2.05) is 0 Å². The van der Waals surface area contributed by atoms with Gasteiger partial charge in [-0.15, -0.1) is 23.5 Å². The normalized spacial score (nSPS) is 21.2. The summed E-state index contributed by atoms with van der Waals surface area (Å²) in [4.78, 5) is 0. The van der Waals surface area contributed by atoms with Gasteiger partial charge in [0.15, 0.2) is 0 Å². The Labute approximate surface area is 150 Å². The molecule has 0 amide bonds. The standard InChI is InChI=1S/C16H28O2S2.Li/c1-11(2)14(12(3)4)18-15(17)13-5-7-16(8-6-13)19-9-10-20-16;/h11-12,14,17H,5-10H2,1-4H3;/q;+1/p-1. The van der Waals surface area contributed by atoms with Gasteiger partial charge >= 0.3 is 18.9 Å². The van der Waals surface area contributed by atoms with Crippen LogP contribution >= 0.6 is 23.5 Å². The van der Waals surface area contributed by atoms with E-state index < -0.39 is 0 Å². The molecule has 0 atom stereocenters. The maximum absolute atomic E-state index is 12.3. The number of hydrogen-bond donors (Lipinski definition) is 0. The van der Waals surface area contributed by atoms with Crippen LogP contribution in [0.4, 0.5) is 0 Å². The summed E-state index contributed by atoms with van der Waals surface area (Å²) in [7, 11) is 0. The van der Waals surface area contributed by atoms with Gasteiger partial charge in [-0.25, -0.2) is 0 Å². The molecule has 0 aromatic rings. The number of rotatable bonds is 4. The predicted molar refractivity (Wildman–Crippen MR) is 87.7 cm³/mol. The van der Waals surface area contributed by atoms with Gasteiger partial charge in [-0.3, -0.25) is 0 Å². The summed E-state index contributed by atoms with van der Waals surface area (Å²) in [5, 5.41) is 12.3. The zero-order valence-corrected chi connectivity index (χ0v) is 15.7. The second-order valence-corrected chi connectivity index (χ2v) is 9.78. The van der Waals surface area contributed by atoms with Crippen LogP contribution in [0.25, 0.3) is 0 Å². The molecule has 5 heteroatoms. The van der Waals surface area contributed by atoms with Crippen LogP contribution in [0.15, 0.2) is 11.5 Å². The molecule has 21 heavy (non-hydrogen) atoms. The number of ether oxygens (including phenoxy) is 1. The van der Waals surface area contributed by atoms with Gasteiger partial charge < -0.3 is 9.84 Å². The van der Waals surface area contributed by atoms with Crippen molar-refractivity contribution in [2.45, 2.75) is 63.6 Å². The summed E-state index contributed by atoms with van der Waals surface area (Å²) in [5.74, 6) is 3.28. The van der Waals surface area contributed by atoms with E-state index in [9.17, 15) is 5.11 Å². The fraction of sp³-hybridized carbons (Fsp3) is 0.875. The summed E-state index contributed by atoms with van der Waals surface area (Å²) >= 11 is 4.20. The summed E-state index contributed by atoms with van der Waals surface area (Å²) in [6.45, 7) is 8.52. The third-order valence-corrected chi connectivity index (χ3v) is 7.93. The molecule has 2 rings (SSSR count). The van der Waals surface area contributed by atoms with Crippen LogP contribution in [0.2, 0.25) is 0 Å². The average Bonchev–Trinajstić information content (AvgIpc) is 2.84. The molecule has 0 N–H and O–H groups in total. The largest absolute Gasteiger partial charge is 1.00 e. The Balaban J connectivity index is 0.00000220. The molecular formula is C16H27LiO2S2. The summed E-state index contributed by atoms with van der Waals surface area (Å²) in [6.07, 6.45) is 4.19. The molecule has 1 saturated heterocycles. The van der Waals surface area contributed by atoms with Crippen molar-refractivity contribution < 1.29 is 28.7 Å². The quantitative estimate of drug-likeness (QED) is 0.571. The molecule has 2 nitrogen and oxygen atoms in total. The van der Waals surface area contributed by atoms with E-state index in [1.165, 1.54) is 11.5 Å². The third kappa shape index (κ3) is 5.06. The van der Waals surface area contributed by atoms with Crippen molar-refractivity contribution in [3.8, 4) is 0 Å². The SMILES string of the molecule is CC(C)C(OC([O-])=C1CCC2(CC1)SCCS2)C(C)C.[Li+]. The van der Waals surface area contributed by atoms with Gasteiger partial charge in [0.05, 0.1) is 10.0 Å². The minimum Gasteiger partial charge on any atom is -0.609 e. The zero-order chi connectivity index (χ0) is 14.8. The molecule has 116 valence electrons. The second-order valence-electron chi connectivity index (χ2n) is 6.57. The Kier molecular flexibility index (Phi) is 7.95. The number of allylic oxidation sites excluding steroid dienone is 1. The average molecular weight is 322 g/mol. The van der Waals surface area contributed by atoms with Crippen LogP contribution in [0.5, 0.6) is 0 Å². The molecule has 1 spiro atoms. The first-order valence-electron chi connectivity index (χ1n) is 7.77. The molecule has 1 aliphatic carbocycles. The van der Waals surface area contributed by atoms with Gasteiger partial charge in [0, 0.05) is 17.6 Å². The summed E-state index contributed by atoms with van der Waals surface area (Å²) in [5.41, 5.74) is 1.02. The van der Waals surface area contributed by atoms with Crippen molar-refractivity contribution in [3.63, 3.8) is 0 Å². The van der Waals surface area contributed by atoms with Crippen molar-refractivity contribution in [1.29, 1.82) is 0 Å². The van der Waals surface area contributed by atoms with Crippen LogP contribution in [0.1, 0.15) is 53.4 Å². The van der Waals surface area contributed by atoms with Crippen LogP contribution in [-0.4, -0.2) is 21.7 Å². The van der Waals surface area contributed by atoms with Crippen LogP contribution < -0.4 is 24.0 Å². The molecule has 0 unspecified atom stereocenters. The fourth-order valence-corrected chi connectivity index (χ4v) is 6.40. The predicted octanol–water partition coefficient (Wildman–Crippen LogP) is 1.01. The van der Waals surface area contributed by atoms with E-state index >= 15 is 0 Å². The minimum atomic E-state index is -0.0275. The molecule has 2 fully saturated rings. The molecule has 2 aliphatic rings. The first-order chi connectivity index (χ1) is 9.43. The summed E-state index contributed by atoms with van der Waals surface area (Å²) in [6, 6.07) is 0. The van der Waals surface area contributed by atoms with E-state index in [0.717, 1.165) is 31.3 Å². The van der Waals surface area contributed by atoms with Gasteiger partial charge in [0.2, 0.25) is 0 Å². The first-order valence-corrected chi connectivity index (χ1v) is 9.74. The zero-order valence-electron chi connectivity index (χ0n) is 14.1. The van der Waals surface area contributed by atoms with Crippen molar-refractivity contribution in [2.75, 3.05) is 11.5 Å². The topological polar surface area (TPSA) is 32.3 Å². The maximum Gasteiger partial charge on any atom is 1.00 e. The van der Waals surface area contributed by atoms with E-state index in [0.29, 0.717) is 15.9 Å². The van der Waals surface area contributed by atoms with E-state index in [2.05, 4.69) is 51.2 Å². The van der Waals surface area contributed by atoms with Crippen molar-refractivity contribution in [2.24, 2.45) is 11.8 Å². The third-order valence-electron chi connectivity index (χ3n) is 4.27. The van der Waals surface area contributed by atoms with E-state index in [1.54, 1.807) is 0 Å². The van der Waals surface area contributed by atoms with Gasteiger partial charge in [0.25, 0.3) is 0 Å². The Bertz CT molecular complexity index is 343. The van der Waals surface area contributed by atoms with E-state index in [4.69, 9.17) is 4.74 Å². The molecule has 1 heterocycles.